The number of nitrogens with one attached hydrogen (secondary N) is 2. The number of hydrogen-bond donors (Lipinski definition) is 2. The second-order valence-electron chi connectivity index (χ2n) is 8.82. The van der Waals surface area contributed by atoms with Crippen molar-refractivity contribution in [1.29, 1.82) is 0 Å². The summed E-state index contributed by atoms with van der Waals surface area (Å²) < 4.78 is 5.52. The lowest BCUT2D eigenvalue weighted by Gasteiger charge is -2.26. The van der Waals surface area contributed by atoms with Gasteiger partial charge in [-0.3, -0.25) is 4.79 Å². The van der Waals surface area contributed by atoms with Crippen LogP contribution < -0.4 is 15.4 Å². The Bertz CT molecular complexity index is 1140. The van der Waals surface area contributed by atoms with Crippen molar-refractivity contribution in [3.63, 3.8) is 0 Å². The Kier molecular flexibility index (Phi) is 5.35. The molecule has 1 aliphatic rings. The van der Waals surface area contributed by atoms with E-state index < -0.39 is 5.97 Å². The number of amides is 1. The smallest absolute Gasteiger partial charge is 0.343 e. The van der Waals surface area contributed by atoms with Crippen molar-refractivity contribution in [1.82, 2.24) is 5.32 Å². The second-order valence-corrected chi connectivity index (χ2v) is 10.0. The molecule has 3 aromatic rings. The quantitative estimate of drug-likeness (QED) is 0.408. The zero-order valence-electron chi connectivity index (χ0n) is 18.3. The maximum absolute atomic E-state index is 12.5. The van der Waals surface area contributed by atoms with Crippen molar-refractivity contribution in [2.45, 2.75) is 46.2 Å². The van der Waals surface area contributed by atoms with E-state index in [0.29, 0.717) is 11.3 Å². The molecule has 0 radical (unpaired) electrons. The summed E-state index contributed by atoms with van der Waals surface area (Å²) in [5, 5.41) is 7.27. The third kappa shape index (κ3) is 4.21. The highest BCUT2D eigenvalue weighted by atomic mass is 32.1. The monoisotopic (exact) mass is 434 g/mol. The Morgan fingerprint density at radius 1 is 0.968 bits per heavy atom. The molecule has 5 nitrogen and oxygen atoms in total. The Hall–Kier alpha value is -3.12. The molecule has 1 amide bonds. The van der Waals surface area contributed by atoms with E-state index in [1.165, 1.54) is 0 Å². The first-order chi connectivity index (χ1) is 14.6. The summed E-state index contributed by atoms with van der Waals surface area (Å²) in [4.78, 5) is 26.2. The number of anilines is 1. The van der Waals surface area contributed by atoms with Gasteiger partial charge < -0.3 is 15.4 Å². The van der Waals surface area contributed by atoms with Gasteiger partial charge in [-0.2, -0.15) is 0 Å². The largest absolute Gasteiger partial charge is 0.423 e. The van der Waals surface area contributed by atoms with Crippen molar-refractivity contribution in [3.8, 4) is 5.75 Å². The van der Waals surface area contributed by atoms with Crippen LogP contribution in [-0.2, 0) is 5.41 Å². The predicted molar refractivity (Wildman–Crippen MR) is 124 cm³/mol. The van der Waals surface area contributed by atoms with E-state index in [-0.39, 0.29) is 17.5 Å². The topological polar surface area (TPSA) is 67.4 Å². The molecule has 2 heterocycles. The van der Waals surface area contributed by atoms with E-state index >= 15 is 0 Å². The summed E-state index contributed by atoms with van der Waals surface area (Å²) in [6.07, 6.45) is -0.327. The fraction of sp³-hybridized carbons (Fsp3) is 0.280. The molecule has 1 aromatic heterocycles. The molecule has 2 N–H and O–H groups in total. The molecule has 0 spiro atoms. The third-order valence-electron chi connectivity index (χ3n) is 5.57. The first kappa shape index (κ1) is 21.1. The molecule has 1 aliphatic heterocycles. The van der Waals surface area contributed by atoms with E-state index in [9.17, 15) is 9.59 Å². The van der Waals surface area contributed by atoms with Gasteiger partial charge in [0.05, 0.1) is 11.1 Å². The van der Waals surface area contributed by atoms with Gasteiger partial charge in [0.1, 0.15) is 16.9 Å². The number of hydrogen-bond acceptors (Lipinski definition) is 5. The number of benzene rings is 2. The average Bonchev–Trinajstić information content (AvgIpc) is 3.02. The number of rotatable bonds is 3. The molecule has 6 heteroatoms. The molecule has 0 unspecified atom stereocenters. The van der Waals surface area contributed by atoms with Crippen LogP contribution in [0.5, 0.6) is 5.75 Å². The lowest BCUT2D eigenvalue weighted by Crippen LogP contribution is -2.38. The van der Waals surface area contributed by atoms with Crippen LogP contribution in [0.3, 0.4) is 0 Å². The summed E-state index contributed by atoms with van der Waals surface area (Å²) in [5.41, 5.74) is 4.33. The van der Waals surface area contributed by atoms with E-state index in [2.05, 4.69) is 31.4 Å². The Morgan fingerprint density at radius 3 is 2.23 bits per heavy atom. The Morgan fingerprint density at radius 2 is 1.61 bits per heavy atom. The van der Waals surface area contributed by atoms with E-state index in [4.69, 9.17) is 4.74 Å². The summed E-state index contributed by atoms with van der Waals surface area (Å²) >= 11 is 1.59. The summed E-state index contributed by atoms with van der Waals surface area (Å²) in [6.45, 7) is 10.4. The summed E-state index contributed by atoms with van der Waals surface area (Å²) in [5.74, 6) is -0.0134. The molecule has 0 fully saturated rings. The van der Waals surface area contributed by atoms with Crippen molar-refractivity contribution < 1.29 is 14.3 Å². The van der Waals surface area contributed by atoms with Crippen molar-refractivity contribution in [3.05, 3.63) is 81.2 Å². The number of aryl methyl sites for hydroxylation is 1. The first-order valence-corrected chi connectivity index (χ1v) is 11.1. The lowest BCUT2D eigenvalue weighted by molar-refractivity contribution is 0.0734. The predicted octanol–water partition coefficient (Wildman–Crippen LogP) is 5.74. The minimum Gasteiger partial charge on any atom is -0.423 e. The fourth-order valence-electron chi connectivity index (χ4n) is 3.54. The first-order valence-electron chi connectivity index (χ1n) is 10.2. The average molecular weight is 435 g/mol. The maximum Gasteiger partial charge on any atom is 0.343 e. The van der Waals surface area contributed by atoms with Gasteiger partial charge in [-0.15, -0.1) is 11.3 Å². The van der Waals surface area contributed by atoms with Crippen LogP contribution >= 0.6 is 11.3 Å². The molecular formula is C25H26N2O3S. The van der Waals surface area contributed by atoms with Crippen LogP contribution in [-0.4, -0.2) is 11.9 Å². The normalized spacial score (nSPS) is 15.6. The number of carbonyl (C=O) groups is 2. The minimum atomic E-state index is -0.397. The van der Waals surface area contributed by atoms with Crippen LogP contribution in [0.2, 0.25) is 0 Å². The fourth-order valence-corrected chi connectivity index (χ4v) is 4.63. The molecule has 2 aromatic carbocycles. The van der Waals surface area contributed by atoms with Crippen LogP contribution in [0, 0.1) is 13.8 Å². The van der Waals surface area contributed by atoms with Gasteiger partial charge in [0.2, 0.25) is 0 Å². The molecule has 160 valence electrons. The van der Waals surface area contributed by atoms with Gasteiger partial charge >= 0.3 is 5.97 Å². The van der Waals surface area contributed by atoms with E-state index in [0.717, 1.165) is 32.1 Å². The van der Waals surface area contributed by atoms with Crippen molar-refractivity contribution in [2.75, 3.05) is 5.32 Å². The van der Waals surface area contributed by atoms with E-state index in [1.807, 2.05) is 38.1 Å². The molecular weight excluding hydrogens is 408 g/mol. The number of carbonyl (C=O) groups excluding carboxylic acids is 2. The number of ether oxygens (including phenoxy) is 1. The highest BCUT2D eigenvalue weighted by Crippen LogP contribution is 2.37. The number of fused-ring (bicyclic) bond motifs is 1. The van der Waals surface area contributed by atoms with Crippen molar-refractivity contribution >= 4 is 28.2 Å². The van der Waals surface area contributed by atoms with Gasteiger partial charge in [-0.25, -0.2) is 4.79 Å². The molecule has 0 saturated heterocycles. The maximum atomic E-state index is 12.5. The minimum absolute atomic E-state index is 0.0299. The van der Waals surface area contributed by atoms with Crippen LogP contribution in [0.25, 0.3) is 0 Å². The molecule has 0 saturated carbocycles. The molecule has 0 aliphatic carbocycles. The highest BCUT2D eigenvalue weighted by Gasteiger charge is 2.29. The van der Waals surface area contributed by atoms with Gasteiger partial charge in [0, 0.05) is 4.88 Å². The Balaban J connectivity index is 1.45. The standard InChI is InChI=1S/C25H26N2O3S/c1-14-15(2)31-23-20(14)22(28)26-21(27-23)16-8-12-19(13-9-16)30-24(29)17-6-10-18(11-7-17)25(3,4)5/h6-13,21,27H,1-5H3,(H,26,28)/t21-/m0/s1. The summed E-state index contributed by atoms with van der Waals surface area (Å²) in [6, 6.07) is 14.7. The van der Waals surface area contributed by atoms with Gasteiger partial charge in [0.15, 0.2) is 0 Å². The van der Waals surface area contributed by atoms with Gasteiger partial charge in [0.25, 0.3) is 5.91 Å². The van der Waals surface area contributed by atoms with Crippen molar-refractivity contribution in [2.24, 2.45) is 0 Å². The highest BCUT2D eigenvalue weighted by molar-refractivity contribution is 7.16. The number of esters is 1. The van der Waals surface area contributed by atoms with Crippen LogP contribution in [0.1, 0.15) is 69.2 Å². The zero-order chi connectivity index (χ0) is 22.3. The number of thiophene rings is 1. The molecule has 4 rings (SSSR count). The lowest BCUT2D eigenvalue weighted by atomic mass is 9.87. The third-order valence-corrected chi connectivity index (χ3v) is 6.71. The second kappa shape index (κ2) is 7.85. The Labute approximate surface area is 186 Å². The van der Waals surface area contributed by atoms with Crippen LogP contribution in [0.15, 0.2) is 48.5 Å². The van der Waals surface area contributed by atoms with E-state index in [1.54, 1.807) is 35.6 Å². The molecule has 31 heavy (non-hydrogen) atoms. The summed E-state index contributed by atoms with van der Waals surface area (Å²) in [7, 11) is 0. The molecule has 0 bridgehead atoms. The molecule has 1 atom stereocenters. The zero-order valence-corrected chi connectivity index (χ0v) is 19.1. The van der Waals surface area contributed by atoms with Gasteiger partial charge in [-0.05, 0) is 60.2 Å². The SMILES string of the molecule is Cc1sc2c(c1C)C(=O)N[C@H](c1ccc(OC(=O)c3ccc(C(C)(C)C)cc3)cc1)N2. The van der Waals surface area contributed by atoms with Crippen LogP contribution in [0.4, 0.5) is 5.00 Å². The van der Waals surface area contributed by atoms with Gasteiger partial charge in [-0.1, -0.05) is 45.0 Å².